The first-order valence-electron chi connectivity index (χ1n) is 3.01. The molecule has 0 rings (SSSR count). The molecule has 0 bridgehead atoms. The number of hydrogen-bond donors (Lipinski definition) is 1. The van der Waals surface area contributed by atoms with Crippen molar-refractivity contribution in [3.05, 3.63) is 21.4 Å². The van der Waals surface area contributed by atoms with Crippen LogP contribution in [0.3, 0.4) is 0 Å². The highest BCUT2D eigenvalue weighted by Gasteiger charge is 2.02. The molecule has 0 amide bonds. The minimum atomic E-state index is 0.351. The van der Waals surface area contributed by atoms with Crippen molar-refractivity contribution in [1.29, 1.82) is 0 Å². The minimum Gasteiger partial charge on any atom is -0.398 e. The van der Waals surface area contributed by atoms with E-state index in [2.05, 4.69) is 45.4 Å². The Bertz CT molecular complexity index is 161. The Balaban J connectivity index is 4.34. The van der Waals surface area contributed by atoms with Crippen LogP contribution in [0.25, 0.3) is 0 Å². The highest BCUT2D eigenvalue weighted by Crippen LogP contribution is 2.20. The predicted molar refractivity (Wildman–Crippen MR) is 58.4 cm³/mol. The van der Waals surface area contributed by atoms with Crippen LogP contribution < -0.4 is 5.73 Å². The normalized spacial score (nSPS) is 17.2. The average molecular weight is 316 g/mol. The van der Waals surface area contributed by atoms with Gasteiger partial charge in [0, 0.05) is 14.1 Å². The Morgan fingerprint density at radius 2 is 2.20 bits per heavy atom. The molecule has 0 aromatic rings. The fraction of sp³-hybridized carbons (Fsp3) is 0.429. The van der Waals surface area contributed by atoms with E-state index in [-0.39, 0.29) is 0 Å². The first-order valence-corrected chi connectivity index (χ1v) is 5.01. The number of hydrogen-bond acceptors (Lipinski definition) is 1. The highest BCUT2D eigenvalue weighted by molar-refractivity contribution is 14.1. The van der Waals surface area contributed by atoms with Crippen LogP contribution in [0, 0.1) is 0 Å². The van der Waals surface area contributed by atoms with Gasteiger partial charge in [-0.1, -0.05) is 22.0 Å². The molecule has 0 aromatic heterocycles. The van der Waals surface area contributed by atoms with Crippen LogP contribution >= 0.6 is 38.5 Å². The van der Waals surface area contributed by atoms with Crippen LogP contribution in [0.15, 0.2) is 21.4 Å². The molecule has 1 nitrogen and oxygen atoms in total. The summed E-state index contributed by atoms with van der Waals surface area (Å²) in [6.45, 7) is 4.01. The number of halogens is 2. The lowest BCUT2D eigenvalue weighted by atomic mass is 10.3. The number of alkyl halides is 1. The molecule has 10 heavy (non-hydrogen) atoms. The number of nitrogens with two attached hydrogens (primary N) is 1. The molecule has 0 aliphatic rings. The average Bonchev–Trinajstić information content (AvgIpc) is 1.87. The van der Waals surface area contributed by atoms with Gasteiger partial charge in [0.2, 0.25) is 0 Å². The summed E-state index contributed by atoms with van der Waals surface area (Å²) in [5.41, 5.74) is 6.52. The van der Waals surface area contributed by atoms with Gasteiger partial charge in [0.15, 0.2) is 0 Å². The largest absolute Gasteiger partial charge is 0.398 e. The van der Waals surface area contributed by atoms with Gasteiger partial charge in [0.05, 0.1) is 0 Å². The van der Waals surface area contributed by atoms with Gasteiger partial charge >= 0.3 is 0 Å². The smallest absolute Gasteiger partial charge is 0.0445 e. The van der Waals surface area contributed by atoms with Crippen molar-refractivity contribution in [2.45, 2.75) is 18.7 Å². The van der Waals surface area contributed by atoms with Gasteiger partial charge in [-0.25, -0.2) is 0 Å². The summed E-state index contributed by atoms with van der Waals surface area (Å²) in [6, 6.07) is 0. The molecule has 0 aliphatic carbocycles. The summed E-state index contributed by atoms with van der Waals surface area (Å²) < 4.78 is 1.15. The Kier molecular flexibility index (Phi) is 5.44. The zero-order chi connectivity index (χ0) is 8.15. The Morgan fingerprint density at radius 1 is 1.70 bits per heavy atom. The molecule has 0 heterocycles. The van der Waals surface area contributed by atoms with E-state index in [4.69, 9.17) is 5.73 Å². The molecule has 0 aromatic carbocycles. The fourth-order valence-corrected chi connectivity index (χ4v) is 0.933. The van der Waals surface area contributed by atoms with Crippen LogP contribution in [0.5, 0.6) is 0 Å². The van der Waals surface area contributed by atoms with Crippen molar-refractivity contribution in [2.75, 3.05) is 0 Å². The topological polar surface area (TPSA) is 26.0 Å². The Morgan fingerprint density at radius 3 is 2.50 bits per heavy atom. The van der Waals surface area contributed by atoms with E-state index in [0.717, 1.165) is 9.28 Å². The zero-order valence-electron chi connectivity index (χ0n) is 6.07. The molecule has 0 aliphatic heterocycles. The van der Waals surface area contributed by atoms with Crippen LogP contribution in [0.2, 0.25) is 0 Å². The summed E-state index contributed by atoms with van der Waals surface area (Å²) in [5.74, 6) is 0. The molecule has 1 unspecified atom stereocenters. The van der Waals surface area contributed by atoms with Crippen molar-refractivity contribution in [2.24, 2.45) is 5.73 Å². The Hall–Kier alpha value is 0.490. The van der Waals surface area contributed by atoms with Crippen molar-refractivity contribution >= 4 is 38.5 Å². The quantitative estimate of drug-likeness (QED) is 0.473. The summed E-state index contributed by atoms with van der Waals surface area (Å²) in [7, 11) is 0. The van der Waals surface area contributed by atoms with Gasteiger partial charge in [0.25, 0.3) is 0 Å². The SMILES string of the molecule is C/C=C\C(N)=C(\I)C(C)Br. The molecule has 1 atom stereocenters. The molecule has 3 heteroatoms. The standard InChI is InChI=1S/C7H11BrIN/c1-3-4-6(10)7(9)5(2)8/h3-5H,10H2,1-2H3/b4-3-,7-6-. The summed E-state index contributed by atoms with van der Waals surface area (Å²) in [5, 5.41) is 0. The van der Waals surface area contributed by atoms with E-state index >= 15 is 0 Å². The maximum Gasteiger partial charge on any atom is 0.0445 e. The van der Waals surface area contributed by atoms with Gasteiger partial charge in [-0.2, -0.15) is 0 Å². The van der Waals surface area contributed by atoms with Crippen molar-refractivity contribution in [3.63, 3.8) is 0 Å². The summed E-state index contributed by atoms with van der Waals surface area (Å²) in [6.07, 6.45) is 3.84. The molecule has 0 fully saturated rings. The number of allylic oxidation sites excluding steroid dienone is 3. The highest BCUT2D eigenvalue weighted by atomic mass is 127. The van der Waals surface area contributed by atoms with E-state index in [1.165, 1.54) is 0 Å². The molecule has 2 N–H and O–H groups in total. The van der Waals surface area contributed by atoms with Crippen molar-refractivity contribution in [3.8, 4) is 0 Å². The van der Waals surface area contributed by atoms with Gasteiger partial charge in [0.1, 0.15) is 0 Å². The minimum absolute atomic E-state index is 0.351. The first kappa shape index (κ1) is 10.5. The van der Waals surface area contributed by atoms with E-state index in [0.29, 0.717) is 4.83 Å². The van der Waals surface area contributed by atoms with Crippen LogP contribution in [0.1, 0.15) is 13.8 Å². The lowest BCUT2D eigenvalue weighted by Gasteiger charge is -2.02. The summed E-state index contributed by atoms with van der Waals surface area (Å²) in [4.78, 5) is 0.351. The zero-order valence-corrected chi connectivity index (χ0v) is 9.81. The lowest BCUT2D eigenvalue weighted by molar-refractivity contribution is 1.21. The van der Waals surface area contributed by atoms with Gasteiger partial charge in [-0.05, 0) is 42.5 Å². The molecular formula is C7H11BrIN. The molecule has 0 saturated carbocycles. The van der Waals surface area contributed by atoms with Crippen molar-refractivity contribution in [1.82, 2.24) is 0 Å². The molecule has 58 valence electrons. The lowest BCUT2D eigenvalue weighted by Crippen LogP contribution is -2.01. The van der Waals surface area contributed by atoms with Crippen LogP contribution in [0.4, 0.5) is 0 Å². The molecular weight excluding hydrogens is 305 g/mol. The van der Waals surface area contributed by atoms with E-state index in [1.807, 2.05) is 19.1 Å². The second-order valence-electron chi connectivity index (χ2n) is 1.92. The van der Waals surface area contributed by atoms with E-state index in [9.17, 15) is 0 Å². The van der Waals surface area contributed by atoms with Gasteiger partial charge < -0.3 is 5.73 Å². The molecule has 0 radical (unpaired) electrons. The summed E-state index contributed by atoms with van der Waals surface area (Å²) >= 11 is 5.67. The van der Waals surface area contributed by atoms with E-state index in [1.54, 1.807) is 0 Å². The third-order valence-electron chi connectivity index (χ3n) is 0.971. The maximum atomic E-state index is 5.68. The number of rotatable bonds is 2. The molecule has 0 spiro atoms. The van der Waals surface area contributed by atoms with E-state index < -0.39 is 0 Å². The Labute approximate surface area is 84.0 Å². The van der Waals surface area contributed by atoms with Crippen molar-refractivity contribution < 1.29 is 0 Å². The van der Waals surface area contributed by atoms with Crippen LogP contribution in [-0.2, 0) is 0 Å². The third-order valence-corrected chi connectivity index (χ3v) is 3.84. The van der Waals surface area contributed by atoms with Crippen LogP contribution in [-0.4, -0.2) is 4.83 Å². The second-order valence-corrected chi connectivity index (χ2v) is 4.45. The predicted octanol–water partition coefficient (Wildman–Crippen LogP) is 2.95. The molecule has 0 saturated heterocycles. The third kappa shape index (κ3) is 3.61. The van der Waals surface area contributed by atoms with Gasteiger partial charge in [-0.3, -0.25) is 0 Å². The first-order chi connectivity index (χ1) is 4.59. The maximum absolute atomic E-state index is 5.68. The second kappa shape index (κ2) is 5.18. The van der Waals surface area contributed by atoms with Gasteiger partial charge in [-0.15, -0.1) is 0 Å². The monoisotopic (exact) mass is 315 g/mol. The fourth-order valence-electron chi connectivity index (χ4n) is 0.489.